The Hall–Kier alpha value is 0.210. The number of rotatable bonds is 2. The maximum absolute atomic E-state index is 10.6. The number of carboxylic acids is 1. The normalized spacial score (nSPS) is 28.6. The molecule has 0 aromatic heterocycles. The Morgan fingerprint density at radius 1 is 1.38 bits per heavy atom. The first-order valence-electron chi connectivity index (χ1n) is 4.23. The van der Waals surface area contributed by atoms with E-state index in [1.807, 2.05) is 33.8 Å². The predicted molar refractivity (Wildman–Crippen MR) is 45.2 cm³/mol. The molecule has 1 fully saturated rings. The molecule has 0 aromatic carbocycles. The molecule has 0 bridgehead atoms. The van der Waals surface area contributed by atoms with E-state index in [4.69, 9.17) is 0 Å². The molecular formula is C10H15NaO2. The molecule has 68 valence electrons. The summed E-state index contributed by atoms with van der Waals surface area (Å²) in [4.78, 5) is 10.6. The van der Waals surface area contributed by atoms with Crippen molar-refractivity contribution < 1.29 is 39.5 Å². The summed E-state index contributed by atoms with van der Waals surface area (Å²) >= 11 is 0. The topological polar surface area (TPSA) is 40.1 Å². The first-order valence-corrected chi connectivity index (χ1v) is 4.23. The summed E-state index contributed by atoms with van der Waals surface area (Å²) in [6.45, 7) is 7.91. The number of allylic oxidation sites excluding steroid dienone is 2. The Labute approximate surface area is 102 Å². The Morgan fingerprint density at radius 2 is 1.85 bits per heavy atom. The molecule has 0 aromatic rings. The van der Waals surface area contributed by atoms with Crippen LogP contribution in [-0.4, -0.2) is 5.97 Å². The van der Waals surface area contributed by atoms with Crippen molar-refractivity contribution in [3.05, 3.63) is 11.6 Å². The first-order chi connectivity index (χ1) is 5.37. The monoisotopic (exact) mass is 190 g/mol. The number of hydrogen-bond donors (Lipinski definition) is 0. The van der Waals surface area contributed by atoms with Crippen LogP contribution < -0.4 is 34.7 Å². The van der Waals surface area contributed by atoms with E-state index >= 15 is 0 Å². The summed E-state index contributed by atoms with van der Waals surface area (Å²) in [5.41, 5.74) is 1.08. The SMILES string of the molecule is CC(C)=CC1C(C(=O)[O-])C1(C)C.[Na+]. The fourth-order valence-corrected chi connectivity index (χ4v) is 1.80. The molecule has 1 aliphatic carbocycles. The third-order valence-electron chi connectivity index (χ3n) is 2.68. The van der Waals surface area contributed by atoms with Crippen LogP contribution in [0.2, 0.25) is 0 Å². The maximum atomic E-state index is 10.6. The molecule has 0 N–H and O–H groups in total. The second-order valence-electron chi connectivity index (χ2n) is 4.39. The molecule has 1 aliphatic rings. The largest absolute Gasteiger partial charge is 1.00 e. The van der Waals surface area contributed by atoms with Crippen LogP contribution in [0.1, 0.15) is 27.7 Å². The average Bonchev–Trinajstić information content (AvgIpc) is 2.32. The first kappa shape index (κ1) is 13.2. The zero-order chi connectivity index (χ0) is 9.52. The summed E-state index contributed by atoms with van der Waals surface area (Å²) in [6.07, 6.45) is 2.03. The van der Waals surface area contributed by atoms with E-state index < -0.39 is 5.97 Å². The standard InChI is InChI=1S/C10H16O2.Na/c1-6(2)5-7-8(9(11)12)10(7,3)4;/h5,7-8H,1-4H3,(H,11,12);/q;+1/p-1. The molecule has 0 saturated heterocycles. The van der Waals surface area contributed by atoms with Crippen LogP contribution in [0.15, 0.2) is 11.6 Å². The van der Waals surface area contributed by atoms with Gasteiger partial charge >= 0.3 is 29.6 Å². The van der Waals surface area contributed by atoms with E-state index in [1.54, 1.807) is 0 Å². The van der Waals surface area contributed by atoms with Gasteiger partial charge in [0.2, 0.25) is 0 Å². The molecule has 0 aliphatic heterocycles. The number of carboxylic acid groups (broad SMARTS) is 1. The molecule has 2 nitrogen and oxygen atoms in total. The number of carbonyl (C=O) groups excluding carboxylic acids is 1. The summed E-state index contributed by atoms with van der Waals surface area (Å²) in [5, 5.41) is 10.6. The zero-order valence-electron chi connectivity index (χ0n) is 9.05. The Kier molecular flexibility index (Phi) is 4.23. The van der Waals surface area contributed by atoms with Crippen LogP contribution in [0.5, 0.6) is 0 Å². The van der Waals surface area contributed by atoms with Gasteiger partial charge in [-0.25, -0.2) is 0 Å². The summed E-state index contributed by atoms with van der Waals surface area (Å²) in [7, 11) is 0. The Morgan fingerprint density at radius 3 is 2.08 bits per heavy atom. The molecule has 13 heavy (non-hydrogen) atoms. The third-order valence-corrected chi connectivity index (χ3v) is 2.68. The smallest absolute Gasteiger partial charge is 0.550 e. The van der Waals surface area contributed by atoms with Crippen molar-refractivity contribution in [2.24, 2.45) is 17.3 Å². The Bertz CT molecular complexity index is 239. The van der Waals surface area contributed by atoms with E-state index in [1.165, 1.54) is 5.57 Å². The van der Waals surface area contributed by atoms with Crippen LogP contribution in [-0.2, 0) is 4.79 Å². The summed E-state index contributed by atoms with van der Waals surface area (Å²) < 4.78 is 0. The molecule has 2 unspecified atom stereocenters. The van der Waals surface area contributed by atoms with Gasteiger partial charge in [-0.3, -0.25) is 0 Å². The molecule has 0 heterocycles. The minimum absolute atomic E-state index is 0. The number of aliphatic carboxylic acids is 1. The van der Waals surface area contributed by atoms with Gasteiger partial charge in [0, 0.05) is 11.9 Å². The van der Waals surface area contributed by atoms with Crippen molar-refractivity contribution >= 4 is 5.97 Å². The summed E-state index contributed by atoms with van der Waals surface area (Å²) in [6, 6.07) is 0. The number of carbonyl (C=O) groups is 1. The van der Waals surface area contributed by atoms with Crippen molar-refractivity contribution in [2.75, 3.05) is 0 Å². The minimum Gasteiger partial charge on any atom is -0.550 e. The molecule has 0 amide bonds. The second kappa shape index (κ2) is 4.16. The number of hydrogen-bond acceptors (Lipinski definition) is 2. The van der Waals surface area contributed by atoms with Gasteiger partial charge in [-0.2, -0.15) is 0 Å². The van der Waals surface area contributed by atoms with Crippen molar-refractivity contribution in [1.29, 1.82) is 0 Å². The van der Waals surface area contributed by atoms with Crippen LogP contribution in [0.25, 0.3) is 0 Å². The molecule has 0 radical (unpaired) electrons. The zero-order valence-corrected chi connectivity index (χ0v) is 11.0. The van der Waals surface area contributed by atoms with Crippen molar-refractivity contribution in [3.8, 4) is 0 Å². The van der Waals surface area contributed by atoms with Crippen molar-refractivity contribution in [1.82, 2.24) is 0 Å². The minimum atomic E-state index is -0.914. The second-order valence-corrected chi connectivity index (χ2v) is 4.39. The van der Waals surface area contributed by atoms with Crippen LogP contribution in [0.4, 0.5) is 0 Å². The maximum Gasteiger partial charge on any atom is 1.00 e. The van der Waals surface area contributed by atoms with Crippen LogP contribution in [0.3, 0.4) is 0 Å². The van der Waals surface area contributed by atoms with Crippen LogP contribution in [0, 0.1) is 17.3 Å². The third kappa shape index (κ3) is 2.58. The van der Waals surface area contributed by atoms with Gasteiger partial charge in [-0.15, -0.1) is 0 Å². The van der Waals surface area contributed by atoms with Gasteiger partial charge in [0.05, 0.1) is 0 Å². The molecular weight excluding hydrogens is 175 g/mol. The average molecular weight is 190 g/mol. The molecule has 3 heteroatoms. The van der Waals surface area contributed by atoms with E-state index in [0.717, 1.165) is 0 Å². The van der Waals surface area contributed by atoms with Gasteiger partial charge in [0.15, 0.2) is 0 Å². The molecule has 2 atom stereocenters. The van der Waals surface area contributed by atoms with Gasteiger partial charge in [0.25, 0.3) is 0 Å². The van der Waals surface area contributed by atoms with E-state index in [2.05, 4.69) is 0 Å². The molecule has 1 saturated carbocycles. The fraction of sp³-hybridized carbons (Fsp3) is 0.700. The van der Waals surface area contributed by atoms with Gasteiger partial charge in [0.1, 0.15) is 0 Å². The molecule has 1 rings (SSSR count). The van der Waals surface area contributed by atoms with E-state index in [-0.39, 0.29) is 46.8 Å². The van der Waals surface area contributed by atoms with Crippen molar-refractivity contribution in [3.63, 3.8) is 0 Å². The quantitative estimate of drug-likeness (QED) is 0.372. The van der Waals surface area contributed by atoms with Gasteiger partial charge < -0.3 is 9.90 Å². The summed E-state index contributed by atoms with van der Waals surface area (Å²) in [5.74, 6) is -1.03. The van der Waals surface area contributed by atoms with E-state index in [9.17, 15) is 9.90 Å². The van der Waals surface area contributed by atoms with Crippen molar-refractivity contribution in [2.45, 2.75) is 27.7 Å². The Balaban J connectivity index is 0.00000144. The van der Waals surface area contributed by atoms with E-state index in [0.29, 0.717) is 0 Å². The van der Waals surface area contributed by atoms with Crippen LogP contribution >= 0.6 is 0 Å². The van der Waals surface area contributed by atoms with Gasteiger partial charge in [-0.05, 0) is 25.2 Å². The predicted octanol–water partition coefficient (Wildman–Crippen LogP) is -2.02. The fourth-order valence-electron chi connectivity index (χ4n) is 1.80. The molecule has 0 spiro atoms. The van der Waals surface area contributed by atoms with Gasteiger partial charge in [-0.1, -0.05) is 25.5 Å².